The van der Waals surface area contributed by atoms with Crippen LogP contribution in [0.4, 0.5) is 13.2 Å². The van der Waals surface area contributed by atoms with E-state index in [1.807, 2.05) is 6.92 Å². The normalized spacial score (nSPS) is 11.4. The van der Waals surface area contributed by atoms with Gasteiger partial charge in [-0.25, -0.2) is 4.68 Å². The Balaban J connectivity index is 1.79. The number of aromatic nitrogens is 2. The van der Waals surface area contributed by atoms with E-state index in [2.05, 4.69) is 16.0 Å². The summed E-state index contributed by atoms with van der Waals surface area (Å²) in [5, 5.41) is 4.82. The lowest BCUT2D eigenvalue weighted by molar-refractivity contribution is -0.137. The Bertz CT molecular complexity index is 1190. The average Bonchev–Trinajstić information content (AvgIpc) is 2.78. The van der Waals surface area contributed by atoms with Crippen molar-refractivity contribution in [1.29, 1.82) is 0 Å². The Morgan fingerprint density at radius 3 is 2.19 bits per heavy atom. The van der Waals surface area contributed by atoms with Gasteiger partial charge in [0.1, 0.15) is 0 Å². The second-order valence-corrected chi connectivity index (χ2v) is 7.11. The fourth-order valence-corrected chi connectivity index (χ4v) is 3.12. The molecule has 1 heterocycles. The van der Waals surface area contributed by atoms with E-state index in [9.17, 15) is 27.6 Å². The molecule has 3 aromatic rings. The lowest BCUT2D eigenvalue weighted by Gasteiger charge is -2.12. The van der Waals surface area contributed by atoms with Crippen LogP contribution in [-0.4, -0.2) is 21.6 Å². The summed E-state index contributed by atoms with van der Waals surface area (Å²) in [6, 6.07) is 10.1. The van der Waals surface area contributed by atoms with Crippen molar-refractivity contribution in [3.63, 3.8) is 0 Å². The number of hydrogen-bond donors (Lipinski definition) is 2. The molecule has 0 saturated carbocycles. The number of alkyl halides is 3. The van der Waals surface area contributed by atoms with Crippen LogP contribution in [0.25, 0.3) is 10.8 Å². The van der Waals surface area contributed by atoms with E-state index in [4.69, 9.17) is 0 Å². The number of carbonyl (C=O) groups is 2. The van der Waals surface area contributed by atoms with Gasteiger partial charge < -0.3 is 0 Å². The topological polar surface area (TPSA) is 93.1 Å². The van der Waals surface area contributed by atoms with Gasteiger partial charge in [0.15, 0.2) is 5.69 Å². The molecule has 168 valence electrons. The SMILES string of the molecule is CCCCCn1nc(C(=O)NNC(=O)c2ccc(C(F)(F)F)cc2)c2ccccc2c1=O. The lowest BCUT2D eigenvalue weighted by atomic mass is 10.1. The van der Waals surface area contributed by atoms with E-state index in [1.165, 1.54) is 4.68 Å². The number of unbranched alkanes of at least 4 members (excludes halogenated alkanes) is 2. The number of carbonyl (C=O) groups excluding carboxylic acids is 2. The molecule has 3 rings (SSSR count). The highest BCUT2D eigenvalue weighted by molar-refractivity contribution is 6.06. The predicted octanol–water partition coefficient (Wildman–Crippen LogP) is 3.68. The fourth-order valence-electron chi connectivity index (χ4n) is 3.12. The third kappa shape index (κ3) is 5.13. The first-order valence-corrected chi connectivity index (χ1v) is 10.00. The molecule has 2 amide bonds. The zero-order valence-corrected chi connectivity index (χ0v) is 17.2. The van der Waals surface area contributed by atoms with Crippen LogP contribution in [0.3, 0.4) is 0 Å². The maximum atomic E-state index is 12.7. The number of nitrogens with zero attached hydrogens (tertiary/aromatic N) is 2. The van der Waals surface area contributed by atoms with Gasteiger partial charge >= 0.3 is 6.18 Å². The van der Waals surface area contributed by atoms with Crippen molar-refractivity contribution < 1.29 is 22.8 Å². The molecule has 0 fully saturated rings. The maximum absolute atomic E-state index is 12.7. The van der Waals surface area contributed by atoms with Crippen molar-refractivity contribution in [2.75, 3.05) is 0 Å². The first-order valence-electron chi connectivity index (χ1n) is 10.00. The van der Waals surface area contributed by atoms with E-state index in [0.29, 0.717) is 23.7 Å². The lowest BCUT2D eigenvalue weighted by Crippen LogP contribution is -2.42. The monoisotopic (exact) mass is 446 g/mol. The second-order valence-electron chi connectivity index (χ2n) is 7.11. The van der Waals surface area contributed by atoms with Gasteiger partial charge in [0.2, 0.25) is 0 Å². The standard InChI is InChI=1S/C22H21F3N4O3/c1-2-3-6-13-29-21(32)17-8-5-4-7-16(17)18(28-29)20(31)27-26-19(30)14-9-11-15(12-10-14)22(23,24)25/h4-5,7-12H,2-3,6,13H2,1H3,(H,26,30)(H,27,31). The van der Waals surface area contributed by atoms with E-state index < -0.39 is 23.6 Å². The number of rotatable bonds is 6. The molecule has 2 aromatic carbocycles. The molecule has 0 saturated heterocycles. The first kappa shape index (κ1) is 23.0. The third-order valence-corrected chi connectivity index (χ3v) is 4.82. The van der Waals surface area contributed by atoms with Crippen molar-refractivity contribution in [3.8, 4) is 0 Å². The van der Waals surface area contributed by atoms with Crippen LogP contribution in [0, 0.1) is 0 Å². The summed E-state index contributed by atoms with van der Waals surface area (Å²) < 4.78 is 39.2. The van der Waals surface area contributed by atoms with Crippen LogP contribution in [-0.2, 0) is 12.7 Å². The predicted molar refractivity (Wildman–Crippen MR) is 112 cm³/mol. The van der Waals surface area contributed by atoms with Gasteiger partial charge in [0.25, 0.3) is 17.4 Å². The summed E-state index contributed by atoms with van der Waals surface area (Å²) in [5.74, 6) is -1.56. The Morgan fingerprint density at radius 1 is 0.938 bits per heavy atom. The molecule has 32 heavy (non-hydrogen) atoms. The quantitative estimate of drug-likeness (QED) is 0.446. The molecule has 1 aromatic heterocycles. The van der Waals surface area contributed by atoms with Crippen LogP contribution in [0.2, 0.25) is 0 Å². The number of hydrogen-bond acceptors (Lipinski definition) is 4. The molecule has 0 atom stereocenters. The number of hydrazine groups is 1. The summed E-state index contributed by atoms with van der Waals surface area (Å²) in [7, 11) is 0. The minimum Gasteiger partial charge on any atom is -0.267 e. The highest BCUT2D eigenvalue weighted by Gasteiger charge is 2.30. The van der Waals surface area contributed by atoms with Gasteiger partial charge in [-0.1, -0.05) is 38.0 Å². The second kappa shape index (κ2) is 9.63. The molecule has 7 nitrogen and oxygen atoms in total. The summed E-state index contributed by atoms with van der Waals surface area (Å²) in [5.41, 5.74) is 3.04. The molecule has 0 aliphatic rings. The summed E-state index contributed by atoms with van der Waals surface area (Å²) in [4.78, 5) is 37.6. The molecule has 0 aliphatic heterocycles. The molecule has 0 aliphatic carbocycles. The third-order valence-electron chi connectivity index (χ3n) is 4.82. The van der Waals surface area contributed by atoms with Crippen LogP contribution < -0.4 is 16.4 Å². The van der Waals surface area contributed by atoms with E-state index in [0.717, 1.165) is 37.1 Å². The van der Waals surface area contributed by atoms with Crippen molar-refractivity contribution >= 4 is 22.6 Å². The van der Waals surface area contributed by atoms with Crippen molar-refractivity contribution in [2.24, 2.45) is 0 Å². The molecule has 0 spiro atoms. The van der Waals surface area contributed by atoms with Gasteiger partial charge in [-0.15, -0.1) is 0 Å². The molecular formula is C22H21F3N4O3. The van der Waals surface area contributed by atoms with E-state index in [1.54, 1.807) is 24.3 Å². The largest absolute Gasteiger partial charge is 0.416 e. The number of nitrogens with one attached hydrogen (secondary N) is 2. The smallest absolute Gasteiger partial charge is 0.267 e. The first-order chi connectivity index (χ1) is 15.2. The zero-order valence-electron chi connectivity index (χ0n) is 17.2. The van der Waals surface area contributed by atoms with Crippen LogP contribution in [0.5, 0.6) is 0 Å². The van der Waals surface area contributed by atoms with Gasteiger partial charge in [-0.3, -0.25) is 25.2 Å². The number of aryl methyl sites for hydroxylation is 1. The molecular weight excluding hydrogens is 425 g/mol. The minimum atomic E-state index is -4.52. The Kier molecular flexibility index (Phi) is 6.92. The minimum absolute atomic E-state index is 0.0515. The number of benzene rings is 2. The van der Waals surface area contributed by atoms with Crippen molar-refractivity contribution in [1.82, 2.24) is 20.6 Å². The molecule has 0 unspecified atom stereocenters. The van der Waals surface area contributed by atoms with Crippen molar-refractivity contribution in [2.45, 2.75) is 38.9 Å². The van der Waals surface area contributed by atoms with E-state index in [-0.39, 0.29) is 16.8 Å². The Hall–Kier alpha value is -3.69. The Labute approximate surface area is 181 Å². The molecule has 0 radical (unpaired) electrons. The van der Waals surface area contributed by atoms with Gasteiger partial charge in [0.05, 0.1) is 10.9 Å². The fraction of sp³-hybridized carbons (Fsp3) is 0.273. The van der Waals surface area contributed by atoms with Gasteiger partial charge in [-0.2, -0.15) is 18.3 Å². The summed E-state index contributed by atoms with van der Waals surface area (Å²) in [6.45, 7) is 2.37. The Morgan fingerprint density at radius 2 is 1.56 bits per heavy atom. The average molecular weight is 446 g/mol. The summed E-state index contributed by atoms with van der Waals surface area (Å²) >= 11 is 0. The number of amides is 2. The maximum Gasteiger partial charge on any atom is 0.416 e. The molecule has 10 heteroatoms. The van der Waals surface area contributed by atoms with Crippen LogP contribution in [0.1, 0.15) is 52.6 Å². The molecule has 2 N–H and O–H groups in total. The zero-order chi connectivity index (χ0) is 23.3. The van der Waals surface area contributed by atoms with Gasteiger partial charge in [0, 0.05) is 17.5 Å². The van der Waals surface area contributed by atoms with E-state index >= 15 is 0 Å². The summed E-state index contributed by atoms with van der Waals surface area (Å²) in [6.07, 6.45) is -1.96. The number of fused-ring (bicyclic) bond motifs is 1. The number of halogens is 3. The molecule has 0 bridgehead atoms. The van der Waals surface area contributed by atoms with Crippen LogP contribution >= 0.6 is 0 Å². The highest BCUT2D eigenvalue weighted by atomic mass is 19.4. The highest BCUT2D eigenvalue weighted by Crippen LogP contribution is 2.29. The van der Waals surface area contributed by atoms with Crippen molar-refractivity contribution in [3.05, 3.63) is 75.7 Å². The van der Waals surface area contributed by atoms with Gasteiger partial charge in [-0.05, 0) is 36.8 Å². The van der Waals surface area contributed by atoms with Crippen LogP contribution in [0.15, 0.2) is 53.3 Å².